The second-order valence-electron chi connectivity index (χ2n) is 6.63. The third kappa shape index (κ3) is 2.82. The lowest BCUT2D eigenvalue weighted by Gasteiger charge is -2.39. The monoisotopic (exact) mass is 299 g/mol. The number of carbonyl (C=O) groups excluding carboxylic acids is 1. The van der Waals surface area contributed by atoms with Gasteiger partial charge in [0.2, 0.25) is 0 Å². The number of benzene rings is 1. The summed E-state index contributed by atoms with van der Waals surface area (Å²) in [7, 11) is 0. The molecule has 2 aliphatic rings. The molecule has 22 heavy (non-hydrogen) atoms. The van der Waals surface area contributed by atoms with Crippen LogP contribution in [0.15, 0.2) is 42.0 Å². The Morgan fingerprint density at radius 2 is 1.91 bits per heavy atom. The fourth-order valence-corrected chi connectivity index (χ4v) is 3.85. The van der Waals surface area contributed by atoms with Gasteiger partial charge in [0.1, 0.15) is 0 Å². The number of ether oxygens (including phenoxy) is 1. The lowest BCUT2D eigenvalue weighted by Crippen LogP contribution is -2.43. The van der Waals surface area contributed by atoms with Gasteiger partial charge in [-0.2, -0.15) is 0 Å². The van der Waals surface area contributed by atoms with Crippen molar-refractivity contribution in [3.63, 3.8) is 0 Å². The van der Waals surface area contributed by atoms with Gasteiger partial charge in [-0.1, -0.05) is 36.4 Å². The first kappa shape index (κ1) is 15.3. The molecule has 0 spiro atoms. The summed E-state index contributed by atoms with van der Waals surface area (Å²) in [4.78, 5) is 14.9. The van der Waals surface area contributed by atoms with Crippen molar-refractivity contribution in [2.75, 3.05) is 0 Å². The van der Waals surface area contributed by atoms with Crippen LogP contribution in [-0.2, 0) is 9.53 Å². The van der Waals surface area contributed by atoms with Crippen LogP contribution >= 0.6 is 0 Å². The Kier molecular flexibility index (Phi) is 4.34. The van der Waals surface area contributed by atoms with Gasteiger partial charge in [-0.25, -0.2) is 4.79 Å². The van der Waals surface area contributed by atoms with Gasteiger partial charge < -0.3 is 4.74 Å². The van der Waals surface area contributed by atoms with Gasteiger partial charge >= 0.3 is 5.97 Å². The highest BCUT2D eigenvalue weighted by Gasteiger charge is 2.43. The van der Waals surface area contributed by atoms with Crippen LogP contribution in [0.2, 0.25) is 0 Å². The fourth-order valence-electron chi connectivity index (χ4n) is 3.85. The second kappa shape index (κ2) is 6.25. The first-order valence-corrected chi connectivity index (χ1v) is 8.31. The molecule has 0 amide bonds. The highest BCUT2D eigenvalue weighted by atomic mass is 16.5. The fraction of sp³-hybridized carbons (Fsp3) is 0.526. The van der Waals surface area contributed by atoms with E-state index in [1.165, 1.54) is 5.56 Å². The van der Waals surface area contributed by atoms with E-state index in [9.17, 15) is 4.79 Å². The second-order valence-corrected chi connectivity index (χ2v) is 6.63. The third-order valence-corrected chi connectivity index (χ3v) is 4.83. The number of fused-ring (bicyclic) bond motifs is 2. The zero-order valence-electron chi connectivity index (χ0n) is 13.7. The average Bonchev–Trinajstić information content (AvgIpc) is 2.79. The summed E-state index contributed by atoms with van der Waals surface area (Å²) in [6.45, 7) is 6.06. The predicted molar refractivity (Wildman–Crippen MR) is 87.4 cm³/mol. The van der Waals surface area contributed by atoms with Gasteiger partial charge in [-0.15, -0.1) is 0 Å². The molecule has 0 saturated carbocycles. The maximum atomic E-state index is 12.4. The van der Waals surface area contributed by atoms with Gasteiger partial charge in [-0.05, 0) is 45.6 Å². The first-order valence-electron chi connectivity index (χ1n) is 8.31. The van der Waals surface area contributed by atoms with E-state index >= 15 is 0 Å². The summed E-state index contributed by atoms with van der Waals surface area (Å²) in [6, 6.07) is 11.7. The van der Waals surface area contributed by atoms with E-state index < -0.39 is 0 Å². The summed E-state index contributed by atoms with van der Waals surface area (Å²) in [5, 5.41) is 0. The van der Waals surface area contributed by atoms with Crippen LogP contribution < -0.4 is 0 Å². The van der Waals surface area contributed by atoms with Crippen LogP contribution in [0.3, 0.4) is 0 Å². The summed E-state index contributed by atoms with van der Waals surface area (Å²) in [5.41, 5.74) is 2.18. The van der Waals surface area contributed by atoms with Crippen LogP contribution in [0.5, 0.6) is 0 Å². The lowest BCUT2D eigenvalue weighted by atomic mass is 9.96. The molecule has 1 saturated heterocycles. The minimum atomic E-state index is -0.134. The summed E-state index contributed by atoms with van der Waals surface area (Å²) in [6.07, 6.45) is 5.22. The van der Waals surface area contributed by atoms with Crippen LogP contribution in [0.1, 0.15) is 51.6 Å². The molecule has 1 aromatic rings. The number of rotatable bonds is 4. The van der Waals surface area contributed by atoms with Crippen LogP contribution in [0, 0.1) is 0 Å². The molecule has 0 unspecified atom stereocenters. The Morgan fingerprint density at radius 1 is 1.18 bits per heavy atom. The molecule has 3 heteroatoms. The molecule has 2 aliphatic heterocycles. The predicted octanol–water partition coefficient (Wildman–Crippen LogP) is 3.86. The van der Waals surface area contributed by atoms with E-state index in [1.54, 1.807) is 0 Å². The molecule has 2 heterocycles. The van der Waals surface area contributed by atoms with Gasteiger partial charge in [0, 0.05) is 18.1 Å². The molecule has 3 rings (SSSR count). The summed E-state index contributed by atoms with van der Waals surface area (Å²) in [5.74, 6) is -0.134. The van der Waals surface area contributed by atoms with E-state index in [1.807, 2.05) is 19.9 Å². The molecular formula is C19H25NO2. The molecule has 0 aromatic heterocycles. The molecule has 2 bridgehead atoms. The Morgan fingerprint density at radius 3 is 2.59 bits per heavy atom. The van der Waals surface area contributed by atoms with E-state index in [0.29, 0.717) is 12.1 Å². The highest BCUT2D eigenvalue weighted by Crippen LogP contribution is 2.41. The summed E-state index contributed by atoms with van der Waals surface area (Å²) >= 11 is 0. The lowest BCUT2D eigenvalue weighted by molar-refractivity contribution is -0.143. The Bertz CT molecular complexity index is 564. The van der Waals surface area contributed by atoms with E-state index in [4.69, 9.17) is 4.74 Å². The summed E-state index contributed by atoms with van der Waals surface area (Å²) < 4.78 is 5.44. The van der Waals surface area contributed by atoms with Crippen molar-refractivity contribution in [1.82, 2.24) is 4.90 Å². The van der Waals surface area contributed by atoms with Crippen molar-refractivity contribution in [2.24, 2.45) is 0 Å². The topological polar surface area (TPSA) is 29.5 Å². The Hall–Kier alpha value is -1.61. The Labute approximate surface area is 133 Å². The maximum Gasteiger partial charge on any atom is 0.335 e. The first-order chi connectivity index (χ1) is 10.6. The van der Waals surface area contributed by atoms with Gasteiger partial charge in [0.25, 0.3) is 0 Å². The number of carbonyl (C=O) groups is 1. The standard InChI is InChI=1S/C19H25NO2/c1-13(2)22-19(21)17-11-9-16-10-12-18(17)20(16)14(3)15-7-5-4-6-8-15/h4-8,11,13-14,16,18H,9-10,12H2,1-3H3/t14-,16+,18+/m1/s1. The van der Waals surface area contributed by atoms with Crippen LogP contribution in [0.4, 0.5) is 0 Å². The van der Waals surface area contributed by atoms with Gasteiger partial charge in [0.15, 0.2) is 0 Å². The minimum absolute atomic E-state index is 0.0625. The van der Waals surface area contributed by atoms with Crippen LogP contribution in [0.25, 0.3) is 0 Å². The number of hydrogen-bond donors (Lipinski definition) is 0. The smallest absolute Gasteiger partial charge is 0.335 e. The van der Waals surface area contributed by atoms with E-state index in [-0.39, 0.29) is 18.1 Å². The van der Waals surface area contributed by atoms with Gasteiger partial charge in [0.05, 0.1) is 11.7 Å². The molecule has 118 valence electrons. The van der Waals surface area contributed by atoms with Crippen molar-refractivity contribution in [3.8, 4) is 0 Å². The number of esters is 1. The normalized spacial score (nSPS) is 25.9. The minimum Gasteiger partial charge on any atom is -0.460 e. The van der Waals surface area contributed by atoms with Crippen molar-refractivity contribution in [1.29, 1.82) is 0 Å². The van der Waals surface area contributed by atoms with Crippen molar-refractivity contribution in [3.05, 3.63) is 47.5 Å². The molecule has 0 radical (unpaired) electrons. The highest BCUT2D eigenvalue weighted by molar-refractivity contribution is 5.90. The number of hydrogen-bond acceptors (Lipinski definition) is 3. The molecular weight excluding hydrogens is 274 g/mol. The molecule has 3 nitrogen and oxygen atoms in total. The van der Waals surface area contributed by atoms with E-state index in [2.05, 4.69) is 42.2 Å². The molecule has 0 N–H and O–H groups in total. The van der Waals surface area contributed by atoms with Crippen molar-refractivity contribution in [2.45, 2.75) is 64.3 Å². The molecule has 1 fully saturated rings. The third-order valence-electron chi connectivity index (χ3n) is 4.83. The van der Waals surface area contributed by atoms with Crippen molar-refractivity contribution < 1.29 is 9.53 Å². The average molecular weight is 299 g/mol. The molecule has 0 aliphatic carbocycles. The van der Waals surface area contributed by atoms with Crippen molar-refractivity contribution >= 4 is 5.97 Å². The van der Waals surface area contributed by atoms with Gasteiger partial charge in [-0.3, -0.25) is 4.90 Å². The zero-order chi connectivity index (χ0) is 15.7. The van der Waals surface area contributed by atoms with E-state index in [0.717, 1.165) is 24.8 Å². The largest absolute Gasteiger partial charge is 0.460 e. The van der Waals surface area contributed by atoms with Crippen LogP contribution in [-0.4, -0.2) is 29.1 Å². The Balaban J connectivity index is 1.82. The zero-order valence-corrected chi connectivity index (χ0v) is 13.7. The molecule has 3 atom stereocenters. The quantitative estimate of drug-likeness (QED) is 0.791. The molecule has 1 aromatic carbocycles. The maximum absolute atomic E-state index is 12.4. The number of nitrogens with zero attached hydrogens (tertiary/aromatic N) is 1. The SMILES string of the molecule is CC(C)OC(=O)C1=CC[C@H]2CC[C@@H]1N2[C@H](C)c1ccccc1.